The second-order valence-corrected chi connectivity index (χ2v) is 4.68. The van der Waals surface area contributed by atoms with Crippen molar-refractivity contribution in [2.75, 3.05) is 5.32 Å². The maximum absolute atomic E-state index is 11.6. The molecule has 0 fully saturated rings. The minimum absolute atomic E-state index is 0.246. The first-order valence-electron chi connectivity index (χ1n) is 5.34. The summed E-state index contributed by atoms with van der Waals surface area (Å²) in [5, 5.41) is 2.60. The zero-order chi connectivity index (χ0) is 12.8. The van der Waals surface area contributed by atoms with E-state index in [2.05, 4.69) is 32.9 Å². The second-order valence-electron chi connectivity index (χ2n) is 3.52. The maximum Gasteiger partial charge on any atom is 0.413 e. The summed E-state index contributed by atoms with van der Waals surface area (Å²) >= 11 is 2.10. The Morgan fingerprint density at radius 2 is 2.00 bits per heavy atom. The molecule has 1 aromatic heterocycles. The van der Waals surface area contributed by atoms with Crippen LogP contribution in [-0.4, -0.2) is 11.1 Å². The van der Waals surface area contributed by atoms with Gasteiger partial charge in [-0.1, -0.05) is 30.3 Å². The fourth-order valence-corrected chi connectivity index (χ4v) is 1.82. The fraction of sp³-hybridized carbons (Fsp3) is 0.0769. The van der Waals surface area contributed by atoms with Gasteiger partial charge >= 0.3 is 6.09 Å². The number of rotatable bonds is 3. The number of nitrogens with zero attached hydrogens (tertiary/aromatic N) is 1. The van der Waals surface area contributed by atoms with Crippen LogP contribution >= 0.6 is 22.6 Å². The number of carbonyl (C=O) groups is 1. The number of hydrogen-bond donors (Lipinski definition) is 1. The standard InChI is InChI=1S/C13H11IN2O2/c14-11-7-4-8-15-12(11)16-13(17)18-9-10-5-2-1-3-6-10/h1-8H,9H2,(H,15,16,17). The highest BCUT2D eigenvalue weighted by Gasteiger charge is 2.06. The van der Waals surface area contributed by atoms with Crippen LogP contribution < -0.4 is 5.32 Å². The lowest BCUT2D eigenvalue weighted by molar-refractivity contribution is 0.155. The zero-order valence-corrected chi connectivity index (χ0v) is 11.6. The van der Waals surface area contributed by atoms with Gasteiger partial charge in [-0.15, -0.1) is 0 Å². The van der Waals surface area contributed by atoms with Crippen molar-refractivity contribution in [2.45, 2.75) is 6.61 Å². The van der Waals surface area contributed by atoms with Crippen LogP contribution in [0, 0.1) is 3.57 Å². The van der Waals surface area contributed by atoms with Crippen molar-refractivity contribution in [2.24, 2.45) is 0 Å². The molecule has 5 heteroatoms. The van der Waals surface area contributed by atoms with Crippen molar-refractivity contribution in [3.8, 4) is 0 Å². The first-order valence-corrected chi connectivity index (χ1v) is 6.42. The maximum atomic E-state index is 11.6. The van der Waals surface area contributed by atoms with E-state index in [1.54, 1.807) is 6.20 Å². The van der Waals surface area contributed by atoms with Gasteiger partial charge in [-0.2, -0.15) is 0 Å². The first kappa shape index (κ1) is 12.8. The summed E-state index contributed by atoms with van der Waals surface area (Å²) in [6.07, 6.45) is 1.12. The number of hydrogen-bond acceptors (Lipinski definition) is 3. The molecule has 0 radical (unpaired) electrons. The normalized spacial score (nSPS) is 9.83. The average Bonchev–Trinajstić information content (AvgIpc) is 2.40. The van der Waals surface area contributed by atoms with E-state index in [9.17, 15) is 4.79 Å². The molecule has 2 aromatic rings. The van der Waals surface area contributed by atoms with Crippen LogP contribution in [0.4, 0.5) is 10.6 Å². The van der Waals surface area contributed by atoms with E-state index in [0.717, 1.165) is 9.13 Å². The van der Waals surface area contributed by atoms with Crippen molar-refractivity contribution in [1.29, 1.82) is 0 Å². The molecule has 0 aliphatic heterocycles. The molecule has 1 amide bonds. The summed E-state index contributed by atoms with van der Waals surface area (Å²) < 4.78 is 5.96. The largest absolute Gasteiger partial charge is 0.444 e. The molecule has 0 aliphatic carbocycles. The molecule has 0 spiro atoms. The van der Waals surface area contributed by atoms with Gasteiger partial charge in [0.2, 0.25) is 0 Å². The highest BCUT2D eigenvalue weighted by Crippen LogP contribution is 2.14. The van der Waals surface area contributed by atoms with Gasteiger partial charge in [0.15, 0.2) is 0 Å². The minimum atomic E-state index is -0.504. The lowest BCUT2D eigenvalue weighted by Crippen LogP contribution is -2.15. The topological polar surface area (TPSA) is 51.2 Å². The summed E-state index contributed by atoms with van der Waals surface area (Å²) in [5.41, 5.74) is 0.948. The smallest absolute Gasteiger partial charge is 0.413 e. The molecule has 0 bridgehead atoms. The molecule has 1 heterocycles. The Morgan fingerprint density at radius 3 is 2.72 bits per heavy atom. The molecule has 0 aliphatic rings. The summed E-state index contributed by atoms with van der Waals surface area (Å²) in [6, 6.07) is 13.2. The Balaban J connectivity index is 1.88. The number of anilines is 1. The minimum Gasteiger partial charge on any atom is -0.444 e. The number of aromatic nitrogens is 1. The number of carbonyl (C=O) groups excluding carboxylic acids is 1. The molecule has 1 aromatic carbocycles. The van der Waals surface area contributed by atoms with E-state index in [4.69, 9.17) is 4.74 Å². The number of halogens is 1. The number of amides is 1. The summed E-state index contributed by atoms with van der Waals surface area (Å²) in [5.74, 6) is 0.510. The molecule has 4 nitrogen and oxygen atoms in total. The molecule has 0 saturated heterocycles. The van der Waals surface area contributed by atoms with Gasteiger partial charge in [-0.25, -0.2) is 9.78 Å². The number of ether oxygens (including phenoxy) is 1. The molecule has 0 saturated carbocycles. The van der Waals surface area contributed by atoms with Gasteiger partial charge in [-0.3, -0.25) is 5.32 Å². The van der Waals surface area contributed by atoms with Crippen molar-refractivity contribution in [3.05, 3.63) is 57.8 Å². The van der Waals surface area contributed by atoms with Gasteiger partial charge in [0, 0.05) is 6.20 Å². The Labute approximate surface area is 119 Å². The number of benzene rings is 1. The van der Waals surface area contributed by atoms with E-state index in [1.807, 2.05) is 42.5 Å². The molecule has 0 unspecified atom stereocenters. The summed E-state index contributed by atoms with van der Waals surface area (Å²) in [6.45, 7) is 0.246. The zero-order valence-electron chi connectivity index (χ0n) is 9.47. The van der Waals surface area contributed by atoms with Gasteiger partial charge in [-0.05, 0) is 40.3 Å². The van der Waals surface area contributed by atoms with Crippen molar-refractivity contribution < 1.29 is 9.53 Å². The van der Waals surface area contributed by atoms with Crippen LogP contribution in [0.2, 0.25) is 0 Å². The van der Waals surface area contributed by atoms with Crippen LogP contribution in [0.25, 0.3) is 0 Å². The third kappa shape index (κ3) is 3.69. The predicted molar refractivity (Wildman–Crippen MR) is 77.2 cm³/mol. The third-order valence-electron chi connectivity index (χ3n) is 2.19. The molecule has 1 N–H and O–H groups in total. The van der Waals surface area contributed by atoms with E-state index in [-0.39, 0.29) is 6.61 Å². The molecular formula is C13H11IN2O2. The second kappa shape index (κ2) is 6.34. The molecule has 92 valence electrons. The third-order valence-corrected chi connectivity index (χ3v) is 3.06. The van der Waals surface area contributed by atoms with Gasteiger partial charge in [0.25, 0.3) is 0 Å². The Kier molecular flexibility index (Phi) is 4.52. The average molecular weight is 354 g/mol. The Bertz CT molecular complexity index is 532. The van der Waals surface area contributed by atoms with E-state index in [0.29, 0.717) is 5.82 Å². The molecule has 0 atom stereocenters. The highest BCUT2D eigenvalue weighted by atomic mass is 127. The van der Waals surface area contributed by atoms with Crippen LogP contribution in [0.5, 0.6) is 0 Å². The van der Waals surface area contributed by atoms with Crippen LogP contribution in [0.15, 0.2) is 48.7 Å². The lowest BCUT2D eigenvalue weighted by Gasteiger charge is -2.07. The highest BCUT2D eigenvalue weighted by molar-refractivity contribution is 14.1. The monoisotopic (exact) mass is 354 g/mol. The SMILES string of the molecule is O=C(Nc1ncccc1I)OCc1ccccc1. The summed E-state index contributed by atoms with van der Waals surface area (Å²) in [7, 11) is 0. The van der Waals surface area contributed by atoms with Crippen LogP contribution in [0.1, 0.15) is 5.56 Å². The Hall–Kier alpha value is -1.63. The van der Waals surface area contributed by atoms with Crippen LogP contribution in [0.3, 0.4) is 0 Å². The van der Waals surface area contributed by atoms with Gasteiger partial charge in [0.1, 0.15) is 12.4 Å². The van der Waals surface area contributed by atoms with Gasteiger partial charge in [0.05, 0.1) is 3.57 Å². The molecule has 2 rings (SSSR count). The van der Waals surface area contributed by atoms with Gasteiger partial charge < -0.3 is 4.74 Å². The predicted octanol–water partition coefficient (Wildman–Crippen LogP) is 3.43. The van der Waals surface area contributed by atoms with Crippen molar-refractivity contribution in [1.82, 2.24) is 4.98 Å². The van der Waals surface area contributed by atoms with Crippen molar-refractivity contribution >= 4 is 34.5 Å². The number of nitrogens with one attached hydrogen (secondary N) is 1. The summed E-state index contributed by atoms with van der Waals surface area (Å²) in [4.78, 5) is 15.6. The molecular weight excluding hydrogens is 343 g/mol. The lowest BCUT2D eigenvalue weighted by atomic mass is 10.2. The van der Waals surface area contributed by atoms with Crippen LogP contribution in [-0.2, 0) is 11.3 Å². The van der Waals surface area contributed by atoms with E-state index >= 15 is 0 Å². The van der Waals surface area contributed by atoms with E-state index in [1.165, 1.54) is 0 Å². The van der Waals surface area contributed by atoms with E-state index < -0.39 is 6.09 Å². The quantitative estimate of drug-likeness (QED) is 0.860. The molecule has 18 heavy (non-hydrogen) atoms. The fourth-order valence-electron chi connectivity index (χ4n) is 1.33. The Morgan fingerprint density at radius 1 is 1.22 bits per heavy atom. The van der Waals surface area contributed by atoms with Crippen molar-refractivity contribution in [3.63, 3.8) is 0 Å². The first-order chi connectivity index (χ1) is 8.75. The number of pyridine rings is 1.